The molecule has 1 heterocycles. The summed E-state index contributed by atoms with van der Waals surface area (Å²) in [5.74, 6) is 0.574. The zero-order valence-electron chi connectivity index (χ0n) is 13.9. The van der Waals surface area contributed by atoms with Gasteiger partial charge in [0, 0.05) is 17.7 Å². The number of carbonyl (C=O) groups is 1. The maximum absolute atomic E-state index is 12.1. The second-order valence-corrected chi connectivity index (χ2v) is 6.10. The lowest BCUT2D eigenvalue weighted by Gasteiger charge is -2.28. The minimum atomic E-state index is -0.384. The molecule has 24 heavy (non-hydrogen) atoms. The monoisotopic (exact) mass is 327 g/mol. The number of nitrogens with zero attached hydrogens (tertiary/aromatic N) is 1. The highest BCUT2D eigenvalue weighted by Gasteiger charge is 2.28. The fourth-order valence-electron chi connectivity index (χ4n) is 2.77. The SMILES string of the molecule is CN(C)CCOC(=O)CC1Oc2ccc(O)cc2-c2ccccc21. The van der Waals surface area contributed by atoms with E-state index in [1.807, 2.05) is 43.3 Å². The predicted octanol–water partition coefficient (Wildman–Crippen LogP) is 2.99. The molecule has 0 radical (unpaired) electrons. The number of rotatable bonds is 5. The smallest absolute Gasteiger partial charge is 0.309 e. The van der Waals surface area contributed by atoms with Crippen LogP contribution in [0.1, 0.15) is 18.1 Å². The number of hydrogen-bond donors (Lipinski definition) is 1. The highest BCUT2D eigenvalue weighted by Crippen LogP contribution is 2.44. The Hall–Kier alpha value is -2.53. The van der Waals surface area contributed by atoms with Gasteiger partial charge in [-0.3, -0.25) is 4.79 Å². The lowest BCUT2D eigenvalue weighted by Crippen LogP contribution is -2.23. The molecule has 1 atom stereocenters. The molecule has 1 aliphatic rings. The molecule has 0 amide bonds. The van der Waals surface area contributed by atoms with Gasteiger partial charge in [0.1, 0.15) is 24.2 Å². The van der Waals surface area contributed by atoms with Crippen molar-refractivity contribution < 1.29 is 19.4 Å². The largest absolute Gasteiger partial charge is 0.508 e. The molecule has 1 N–H and O–H groups in total. The Morgan fingerprint density at radius 2 is 2.00 bits per heavy atom. The summed E-state index contributed by atoms with van der Waals surface area (Å²) in [6.07, 6.45) is -0.227. The summed E-state index contributed by atoms with van der Waals surface area (Å²) in [7, 11) is 3.86. The molecular formula is C19H21NO4. The van der Waals surface area contributed by atoms with Gasteiger partial charge in [0.05, 0.1) is 6.42 Å². The number of fused-ring (bicyclic) bond motifs is 3. The molecule has 0 saturated carbocycles. The van der Waals surface area contributed by atoms with Crippen molar-refractivity contribution in [3.8, 4) is 22.6 Å². The van der Waals surface area contributed by atoms with Gasteiger partial charge in [0.15, 0.2) is 0 Å². The van der Waals surface area contributed by atoms with Crippen molar-refractivity contribution in [2.75, 3.05) is 27.2 Å². The van der Waals surface area contributed by atoms with Gasteiger partial charge in [-0.2, -0.15) is 0 Å². The molecule has 5 nitrogen and oxygen atoms in total. The number of carbonyl (C=O) groups excluding carboxylic acids is 1. The fraction of sp³-hybridized carbons (Fsp3) is 0.316. The Morgan fingerprint density at radius 1 is 1.21 bits per heavy atom. The summed E-state index contributed by atoms with van der Waals surface area (Å²) in [4.78, 5) is 14.1. The van der Waals surface area contributed by atoms with Crippen LogP contribution in [0.3, 0.4) is 0 Å². The molecule has 0 saturated heterocycles. The van der Waals surface area contributed by atoms with Crippen molar-refractivity contribution >= 4 is 5.97 Å². The van der Waals surface area contributed by atoms with E-state index in [9.17, 15) is 9.90 Å². The average Bonchev–Trinajstić information content (AvgIpc) is 2.55. The Kier molecular flexibility index (Phi) is 4.71. The summed E-state index contributed by atoms with van der Waals surface area (Å²) in [5, 5.41) is 9.73. The molecule has 5 heteroatoms. The molecule has 2 aromatic carbocycles. The first kappa shape index (κ1) is 16.3. The van der Waals surface area contributed by atoms with Crippen molar-refractivity contribution in [1.82, 2.24) is 4.90 Å². The zero-order valence-corrected chi connectivity index (χ0v) is 13.9. The highest BCUT2D eigenvalue weighted by atomic mass is 16.5. The van der Waals surface area contributed by atoms with E-state index in [1.165, 1.54) is 0 Å². The number of esters is 1. The third-order valence-electron chi connectivity index (χ3n) is 3.98. The van der Waals surface area contributed by atoms with E-state index in [0.717, 1.165) is 16.7 Å². The van der Waals surface area contributed by atoms with Gasteiger partial charge in [0.2, 0.25) is 0 Å². The van der Waals surface area contributed by atoms with Crippen LogP contribution in [0, 0.1) is 0 Å². The van der Waals surface area contributed by atoms with Crippen LogP contribution in [-0.2, 0) is 9.53 Å². The van der Waals surface area contributed by atoms with Gasteiger partial charge < -0.3 is 19.5 Å². The molecule has 0 aliphatic carbocycles. The molecule has 0 aromatic heterocycles. The van der Waals surface area contributed by atoms with E-state index in [0.29, 0.717) is 18.9 Å². The maximum atomic E-state index is 12.1. The Labute approximate surface area is 141 Å². The van der Waals surface area contributed by atoms with E-state index in [1.54, 1.807) is 18.2 Å². The van der Waals surface area contributed by atoms with Crippen LogP contribution in [-0.4, -0.2) is 43.2 Å². The second-order valence-electron chi connectivity index (χ2n) is 6.10. The lowest BCUT2D eigenvalue weighted by molar-refractivity contribution is -0.145. The highest BCUT2D eigenvalue weighted by molar-refractivity contribution is 5.78. The molecule has 0 bridgehead atoms. The van der Waals surface area contributed by atoms with Crippen molar-refractivity contribution in [3.05, 3.63) is 48.0 Å². The zero-order chi connectivity index (χ0) is 17.1. The van der Waals surface area contributed by atoms with Gasteiger partial charge in [-0.15, -0.1) is 0 Å². The van der Waals surface area contributed by atoms with Gasteiger partial charge in [-0.25, -0.2) is 0 Å². The van der Waals surface area contributed by atoms with Gasteiger partial charge in [-0.1, -0.05) is 24.3 Å². The van der Waals surface area contributed by atoms with E-state index < -0.39 is 0 Å². The third-order valence-corrected chi connectivity index (χ3v) is 3.98. The van der Waals surface area contributed by atoms with Crippen LogP contribution < -0.4 is 4.74 Å². The van der Waals surface area contributed by atoms with Crippen molar-refractivity contribution in [2.24, 2.45) is 0 Å². The number of hydrogen-bond acceptors (Lipinski definition) is 5. The number of aromatic hydroxyl groups is 1. The summed E-state index contributed by atoms with van der Waals surface area (Å²) in [6, 6.07) is 12.8. The first-order valence-corrected chi connectivity index (χ1v) is 7.94. The molecule has 3 rings (SSSR count). The summed E-state index contributed by atoms with van der Waals surface area (Å²) >= 11 is 0. The average molecular weight is 327 g/mol. The first-order valence-electron chi connectivity index (χ1n) is 7.94. The molecular weight excluding hydrogens is 306 g/mol. The molecule has 0 fully saturated rings. The summed E-state index contributed by atoms with van der Waals surface area (Å²) in [5.41, 5.74) is 2.74. The number of ether oxygens (including phenoxy) is 2. The summed E-state index contributed by atoms with van der Waals surface area (Å²) < 4.78 is 11.3. The Bertz CT molecular complexity index is 742. The van der Waals surface area contributed by atoms with E-state index in [2.05, 4.69) is 0 Å². The standard InChI is InChI=1S/C19H21NO4/c1-20(2)9-10-23-19(22)12-18-15-6-4-3-5-14(15)16-11-13(21)7-8-17(16)24-18/h3-8,11,18,21H,9-10,12H2,1-2H3. The summed E-state index contributed by atoms with van der Waals surface area (Å²) in [6.45, 7) is 1.06. The van der Waals surface area contributed by atoms with Crippen LogP contribution in [0.2, 0.25) is 0 Å². The molecule has 1 unspecified atom stereocenters. The van der Waals surface area contributed by atoms with Crippen LogP contribution in [0.25, 0.3) is 11.1 Å². The second kappa shape index (κ2) is 6.93. The third kappa shape index (κ3) is 3.51. The van der Waals surface area contributed by atoms with Crippen LogP contribution in [0.5, 0.6) is 11.5 Å². The first-order chi connectivity index (χ1) is 11.5. The van der Waals surface area contributed by atoms with Crippen LogP contribution >= 0.6 is 0 Å². The van der Waals surface area contributed by atoms with Gasteiger partial charge in [0.25, 0.3) is 0 Å². The number of likely N-dealkylation sites (N-methyl/N-ethyl adjacent to an activating group) is 1. The minimum Gasteiger partial charge on any atom is -0.508 e. The minimum absolute atomic E-state index is 0.157. The Morgan fingerprint density at radius 3 is 2.79 bits per heavy atom. The molecule has 2 aromatic rings. The topological polar surface area (TPSA) is 59.0 Å². The maximum Gasteiger partial charge on any atom is 0.309 e. The fourth-order valence-corrected chi connectivity index (χ4v) is 2.77. The van der Waals surface area contributed by atoms with Crippen molar-refractivity contribution in [1.29, 1.82) is 0 Å². The van der Waals surface area contributed by atoms with Crippen molar-refractivity contribution in [3.63, 3.8) is 0 Å². The Balaban J connectivity index is 1.79. The lowest BCUT2D eigenvalue weighted by atomic mass is 9.91. The normalized spacial score (nSPS) is 15.4. The molecule has 0 spiro atoms. The number of benzene rings is 2. The molecule has 1 aliphatic heterocycles. The van der Waals surface area contributed by atoms with Crippen LogP contribution in [0.4, 0.5) is 0 Å². The molecule has 126 valence electrons. The van der Waals surface area contributed by atoms with E-state index in [-0.39, 0.29) is 24.2 Å². The number of phenolic OH excluding ortho intramolecular Hbond substituents is 1. The van der Waals surface area contributed by atoms with Gasteiger partial charge >= 0.3 is 5.97 Å². The van der Waals surface area contributed by atoms with E-state index >= 15 is 0 Å². The number of phenols is 1. The quantitative estimate of drug-likeness (QED) is 0.856. The van der Waals surface area contributed by atoms with Gasteiger partial charge in [-0.05, 0) is 37.9 Å². The predicted molar refractivity (Wildman–Crippen MR) is 91.0 cm³/mol. The van der Waals surface area contributed by atoms with Crippen LogP contribution in [0.15, 0.2) is 42.5 Å². The van der Waals surface area contributed by atoms with Crippen molar-refractivity contribution in [2.45, 2.75) is 12.5 Å². The van der Waals surface area contributed by atoms with E-state index in [4.69, 9.17) is 9.47 Å².